The first kappa shape index (κ1) is 22.2. The fraction of sp³-hybridized carbons (Fsp3) is 0.286. The quantitative estimate of drug-likeness (QED) is 0.642. The van der Waals surface area contributed by atoms with E-state index in [0.717, 1.165) is 0 Å². The van der Waals surface area contributed by atoms with Crippen molar-refractivity contribution in [2.45, 2.75) is 32.4 Å². The number of nitrogens with one attached hydrogen (secondary N) is 1. The molecule has 2 aromatic carbocycles. The normalized spacial score (nSPS) is 11.6. The number of carbonyl (C=O) groups excluding carboxylic acids is 3. The van der Waals surface area contributed by atoms with Gasteiger partial charge in [-0.15, -0.1) is 0 Å². The molecule has 0 spiro atoms. The van der Waals surface area contributed by atoms with Crippen LogP contribution in [0.3, 0.4) is 0 Å². The van der Waals surface area contributed by atoms with Gasteiger partial charge < -0.3 is 20.7 Å². The van der Waals surface area contributed by atoms with Crippen LogP contribution in [-0.4, -0.2) is 30.6 Å². The lowest BCUT2D eigenvalue weighted by Gasteiger charge is -2.27. The van der Waals surface area contributed by atoms with Crippen molar-refractivity contribution in [3.8, 4) is 0 Å². The second-order valence-corrected chi connectivity index (χ2v) is 7.05. The zero-order valence-corrected chi connectivity index (χ0v) is 17.1. The predicted octanol–water partition coefficient (Wildman–Crippen LogP) is 3.42. The fourth-order valence-corrected chi connectivity index (χ4v) is 3.19. The van der Waals surface area contributed by atoms with Gasteiger partial charge in [0.2, 0.25) is 0 Å². The summed E-state index contributed by atoms with van der Waals surface area (Å²) in [6.07, 6.45) is -0.215. The van der Waals surface area contributed by atoms with E-state index in [1.807, 2.05) is 44.2 Å². The molecule has 7 nitrogen and oxygen atoms in total. The minimum Gasteiger partial charge on any atom is -0.455 e. The zero-order valence-electron chi connectivity index (χ0n) is 16.3. The number of para-hydroxylation sites is 1. The van der Waals surface area contributed by atoms with Crippen LogP contribution in [0.25, 0.3) is 0 Å². The van der Waals surface area contributed by atoms with E-state index in [1.54, 1.807) is 29.2 Å². The van der Waals surface area contributed by atoms with Crippen molar-refractivity contribution >= 4 is 35.2 Å². The Bertz CT molecular complexity index is 858. The van der Waals surface area contributed by atoms with Crippen molar-refractivity contribution in [2.75, 3.05) is 11.5 Å². The molecule has 29 heavy (non-hydrogen) atoms. The molecular weight excluding hydrogens is 394 g/mol. The van der Waals surface area contributed by atoms with Crippen molar-refractivity contribution in [3.05, 3.63) is 65.2 Å². The number of hydrogen-bond acceptors (Lipinski definition) is 4. The largest absolute Gasteiger partial charge is 0.455 e. The summed E-state index contributed by atoms with van der Waals surface area (Å²) in [4.78, 5) is 37.8. The Hall–Kier alpha value is -3.06. The molecule has 1 atom stereocenters. The van der Waals surface area contributed by atoms with Gasteiger partial charge in [-0.25, -0.2) is 4.79 Å². The van der Waals surface area contributed by atoms with Crippen LogP contribution >= 0.6 is 11.6 Å². The Morgan fingerprint density at radius 1 is 1.07 bits per heavy atom. The Kier molecular flexibility index (Phi) is 8.03. The molecule has 2 rings (SSSR count). The number of anilines is 1. The van der Waals surface area contributed by atoms with Gasteiger partial charge in [-0.2, -0.15) is 0 Å². The molecule has 0 aliphatic carbocycles. The van der Waals surface area contributed by atoms with Crippen LogP contribution in [-0.2, 0) is 14.3 Å². The molecule has 2 aromatic rings. The Morgan fingerprint density at radius 2 is 1.69 bits per heavy atom. The first-order chi connectivity index (χ1) is 13.8. The summed E-state index contributed by atoms with van der Waals surface area (Å²) < 4.78 is 5.16. The summed E-state index contributed by atoms with van der Waals surface area (Å²) >= 11 is 6.15. The third-order valence-electron chi connectivity index (χ3n) is 4.14. The summed E-state index contributed by atoms with van der Waals surface area (Å²) in [5.41, 5.74) is 6.46. The molecule has 3 amide bonds. The standard InChI is InChI=1S/C21H24ClN3O4/c1-14(2)25(15-8-4-3-5-9-15)19(26)13-29-20(27)12-18(24-21(23)28)16-10-6-7-11-17(16)22/h3-11,14,18H,12-13H2,1-2H3,(H3,23,24,28). The molecule has 0 aliphatic heterocycles. The number of nitrogens with zero attached hydrogens (tertiary/aromatic N) is 1. The summed E-state index contributed by atoms with van der Waals surface area (Å²) in [6, 6.07) is 14.2. The van der Waals surface area contributed by atoms with Crippen molar-refractivity contribution in [3.63, 3.8) is 0 Å². The van der Waals surface area contributed by atoms with Crippen LogP contribution in [0, 0.1) is 0 Å². The van der Waals surface area contributed by atoms with E-state index < -0.39 is 24.6 Å². The minimum absolute atomic E-state index is 0.115. The molecule has 0 aromatic heterocycles. The zero-order chi connectivity index (χ0) is 21.4. The number of amides is 3. The van der Waals surface area contributed by atoms with Gasteiger partial charge in [-0.05, 0) is 37.6 Å². The van der Waals surface area contributed by atoms with Gasteiger partial charge >= 0.3 is 12.0 Å². The van der Waals surface area contributed by atoms with Gasteiger partial charge in [0.1, 0.15) is 0 Å². The molecule has 3 N–H and O–H groups in total. The van der Waals surface area contributed by atoms with Crippen LogP contribution in [0.5, 0.6) is 0 Å². The third-order valence-corrected chi connectivity index (χ3v) is 4.49. The van der Waals surface area contributed by atoms with E-state index in [2.05, 4.69) is 5.32 Å². The second-order valence-electron chi connectivity index (χ2n) is 6.64. The average Bonchev–Trinajstić information content (AvgIpc) is 2.66. The first-order valence-electron chi connectivity index (χ1n) is 9.12. The lowest BCUT2D eigenvalue weighted by Crippen LogP contribution is -2.40. The number of urea groups is 1. The van der Waals surface area contributed by atoms with Crippen molar-refractivity contribution < 1.29 is 19.1 Å². The number of halogens is 1. The van der Waals surface area contributed by atoms with Crippen molar-refractivity contribution in [1.29, 1.82) is 0 Å². The highest BCUT2D eigenvalue weighted by molar-refractivity contribution is 6.31. The smallest absolute Gasteiger partial charge is 0.312 e. The third kappa shape index (κ3) is 6.50. The Balaban J connectivity index is 2.03. The highest BCUT2D eigenvalue weighted by Crippen LogP contribution is 2.25. The number of esters is 1. The van der Waals surface area contributed by atoms with Gasteiger partial charge in [0.05, 0.1) is 12.5 Å². The monoisotopic (exact) mass is 417 g/mol. The highest BCUT2D eigenvalue weighted by atomic mass is 35.5. The van der Waals surface area contributed by atoms with Gasteiger partial charge in [-0.3, -0.25) is 9.59 Å². The van der Waals surface area contributed by atoms with Gasteiger partial charge in [0.25, 0.3) is 5.91 Å². The van der Waals surface area contributed by atoms with Gasteiger partial charge in [-0.1, -0.05) is 48.0 Å². The summed E-state index contributed by atoms with van der Waals surface area (Å²) in [6.45, 7) is 3.32. The van der Waals surface area contributed by atoms with Gasteiger partial charge in [0.15, 0.2) is 6.61 Å². The molecule has 0 fully saturated rings. The van der Waals surface area contributed by atoms with Crippen LogP contribution in [0.2, 0.25) is 5.02 Å². The van der Waals surface area contributed by atoms with Crippen LogP contribution in [0.1, 0.15) is 31.9 Å². The molecule has 0 heterocycles. The van der Waals surface area contributed by atoms with E-state index in [9.17, 15) is 14.4 Å². The molecule has 8 heteroatoms. The topological polar surface area (TPSA) is 102 Å². The van der Waals surface area contributed by atoms with E-state index in [1.165, 1.54) is 0 Å². The predicted molar refractivity (Wildman–Crippen MR) is 112 cm³/mol. The highest BCUT2D eigenvalue weighted by Gasteiger charge is 2.23. The maximum absolute atomic E-state index is 12.6. The maximum Gasteiger partial charge on any atom is 0.312 e. The van der Waals surface area contributed by atoms with Crippen molar-refractivity contribution in [1.82, 2.24) is 5.32 Å². The number of primary amides is 1. The number of benzene rings is 2. The SMILES string of the molecule is CC(C)N(C(=O)COC(=O)CC(NC(N)=O)c1ccccc1Cl)c1ccccc1. The number of carbonyl (C=O) groups is 3. The van der Waals surface area contributed by atoms with E-state index in [-0.39, 0.29) is 18.4 Å². The molecule has 0 bridgehead atoms. The number of ether oxygens (including phenoxy) is 1. The van der Waals surface area contributed by atoms with Crippen LogP contribution < -0.4 is 16.0 Å². The maximum atomic E-state index is 12.6. The van der Waals surface area contributed by atoms with E-state index in [0.29, 0.717) is 16.3 Å². The lowest BCUT2D eigenvalue weighted by atomic mass is 10.0. The summed E-state index contributed by atoms with van der Waals surface area (Å²) in [5.74, 6) is -1.01. The molecule has 0 aliphatic rings. The van der Waals surface area contributed by atoms with Gasteiger partial charge in [0, 0.05) is 16.8 Å². The molecule has 1 unspecified atom stereocenters. The number of nitrogens with two attached hydrogens (primary N) is 1. The van der Waals surface area contributed by atoms with E-state index in [4.69, 9.17) is 22.1 Å². The van der Waals surface area contributed by atoms with Crippen molar-refractivity contribution in [2.24, 2.45) is 5.73 Å². The Labute approximate surface area is 174 Å². The fourth-order valence-electron chi connectivity index (χ4n) is 2.92. The van der Waals surface area contributed by atoms with Crippen LogP contribution in [0.4, 0.5) is 10.5 Å². The Morgan fingerprint density at radius 3 is 2.28 bits per heavy atom. The minimum atomic E-state index is -0.797. The summed E-state index contributed by atoms with van der Waals surface area (Å²) in [7, 11) is 0. The van der Waals surface area contributed by atoms with E-state index >= 15 is 0 Å². The number of hydrogen-bond donors (Lipinski definition) is 2. The molecule has 0 saturated carbocycles. The molecule has 154 valence electrons. The molecular formula is C21H24ClN3O4. The number of rotatable bonds is 8. The average molecular weight is 418 g/mol. The lowest BCUT2D eigenvalue weighted by molar-refractivity contribution is -0.148. The van der Waals surface area contributed by atoms with Crippen LogP contribution in [0.15, 0.2) is 54.6 Å². The second kappa shape index (κ2) is 10.5. The summed E-state index contributed by atoms with van der Waals surface area (Å²) in [5, 5.41) is 2.86. The first-order valence-corrected chi connectivity index (χ1v) is 9.50. The molecule has 0 saturated heterocycles. The molecule has 0 radical (unpaired) electrons.